The zero-order valence-electron chi connectivity index (χ0n) is 22.6. The predicted octanol–water partition coefficient (Wildman–Crippen LogP) is 8.28. The van der Waals surface area contributed by atoms with E-state index in [1.807, 2.05) is 0 Å². The first-order valence-corrected chi connectivity index (χ1v) is 14.5. The number of nitrogens with zero attached hydrogens (tertiary/aromatic N) is 2. The zero-order valence-corrected chi connectivity index (χ0v) is 22.6. The summed E-state index contributed by atoms with van der Waals surface area (Å²) in [7, 11) is 0. The summed E-state index contributed by atoms with van der Waals surface area (Å²) in [5, 5.41) is 0. The lowest BCUT2D eigenvalue weighted by atomic mass is 9.37. The van der Waals surface area contributed by atoms with Gasteiger partial charge in [-0.15, -0.1) is 0 Å². The van der Waals surface area contributed by atoms with Gasteiger partial charge in [0.25, 0.3) is 0 Å². The molecule has 6 aromatic carbocycles. The number of rotatable bonds is 4. The predicted molar refractivity (Wildman–Crippen MR) is 172 cm³/mol. The van der Waals surface area contributed by atoms with Crippen LogP contribution >= 0.6 is 0 Å². The number of benzene rings is 6. The van der Waals surface area contributed by atoms with Crippen molar-refractivity contribution in [1.29, 1.82) is 0 Å². The fourth-order valence-electron chi connectivity index (χ4n) is 7.79. The third-order valence-corrected chi connectivity index (χ3v) is 9.29. The first-order chi connectivity index (χ1) is 20.4. The van der Waals surface area contributed by atoms with E-state index in [0.29, 0.717) is 18.6 Å². The molecule has 0 amide bonds. The molecule has 3 aliphatic rings. The molecule has 2 nitrogen and oxygen atoms in total. The summed E-state index contributed by atoms with van der Waals surface area (Å²) in [6.07, 6.45) is 0. The van der Waals surface area contributed by atoms with Crippen LogP contribution in [-0.4, -0.2) is 6.71 Å². The average molecular weight is 522 g/mol. The minimum atomic E-state index is 0.299. The van der Waals surface area contributed by atoms with Gasteiger partial charge in [0.2, 0.25) is 6.71 Å². The standard InChI is InChI=1S/C38H27BN2/c1-4-13-26(14-5-1)40(27-15-6-2-7-16-27)29-23-24-34-33(25-29)30-20-12-21-32-36(30)39(34)37-31-19-10-11-22-35(31)41(38(32)37)28-17-8-3-9-18-28/h1-25,37-38H. The molecule has 0 spiro atoms. The highest BCUT2D eigenvalue weighted by Gasteiger charge is 2.56. The number of para-hydroxylation sites is 4. The minimum Gasteiger partial charge on any atom is -0.334 e. The first kappa shape index (κ1) is 22.8. The molecule has 2 atom stereocenters. The van der Waals surface area contributed by atoms with Crippen LogP contribution in [0.25, 0.3) is 11.1 Å². The van der Waals surface area contributed by atoms with Crippen LogP contribution in [0.4, 0.5) is 28.4 Å². The summed E-state index contributed by atoms with van der Waals surface area (Å²) in [6, 6.07) is 55.8. The number of hydrogen-bond acceptors (Lipinski definition) is 2. The smallest absolute Gasteiger partial charge is 0.221 e. The molecular formula is C38H27BN2. The van der Waals surface area contributed by atoms with Gasteiger partial charge in [-0.3, -0.25) is 0 Å². The van der Waals surface area contributed by atoms with Crippen LogP contribution in [0.15, 0.2) is 152 Å². The van der Waals surface area contributed by atoms with E-state index in [4.69, 9.17) is 0 Å². The Balaban J connectivity index is 1.23. The van der Waals surface area contributed by atoms with Crippen molar-refractivity contribution in [2.24, 2.45) is 0 Å². The fraction of sp³-hybridized carbons (Fsp3) is 0.0526. The van der Waals surface area contributed by atoms with Crippen molar-refractivity contribution < 1.29 is 0 Å². The molecule has 3 aliphatic heterocycles. The molecule has 0 saturated heterocycles. The zero-order chi connectivity index (χ0) is 26.9. The number of anilines is 5. The summed E-state index contributed by atoms with van der Waals surface area (Å²) in [5.41, 5.74) is 14.8. The van der Waals surface area contributed by atoms with Gasteiger partial charge in [-0.05, 0) is 82.7 Å². The molecule has 0 aliphatic carbocycles. The van der Waals surface area contributed by atoms with Crippen molar-refractivity contribution in [1.82, 2.24) is 0 Å². The monoisotopic (exact) mass is 522 g/mol. The Kier molecular flexibility index (Phi) is 4.85. The quantitative estimate of drug-likeness (QED) is 0.215. The molecule has 0 radical (unpaired) electrons. The van der Waals surface area contributed by atoms with E-state index in [1.165, 1.54) is 50.2 Å². The second-order valence-corrected chi connectivity index (χ2v) is 11.3. The summed E-state index contributed by atoms with van der Waals surface area (Å²) in [4.78, 5) is 4.96. The maximum Gasteiger partial charge on any atom is 0.221 e. The Bertz CT molecular complexity index is 1880. The van der Waals surface area contributed by atoms with E-state index in [0.717, 1.165) is 11.4 Å². The van der Waals surface area contributed by atoms with Crippen LogP contribution < -0.4 is 20.7 Å². The number of fused-ring (bicyclic) bond motifs is 8. The molecule has 6 aromatic rings. The molecule has 0 aromatic heterocycles. The van der Waals surface area contributed by atoms with Gasteiger partial charge < -0.3 is 9.80 Å². The van der Waals surface area contributed by atoms with Gasteiger partial charge >= 0.3 is 0 Å². The summed E-state index contributed by atoms with van der Waals surface area (Å²) in [6.45, 7) is 0.354. The maximum atomic E-state index is 2.59. The normalized spacial score (nSPS) is 17.2. The summed E-state index contributed by atoms with van der Waals surface area (Å²) in [5.74, 6) is 0.383. The van der Waals surface area contributed by atoms with E-state index in [-0.39, 0.29) is 0 Å². The van der Waals surface area contributed by atoms with E-state index < -0.39 is 0 Å². The van der Waals surface area contributed by atoms with E-state index in [9.17, 15) is 0 Å². The van der Waals surface area contributed by atoms with Gasteiger partial charge in [0, 0.05) is 28.4 Å². The molecule has 0 bridgehead atoms. The lowest BCUT2D eigenvalue weighted by Gasteiger charge is -2.29. The Hall–Kier alpha value is -5.02. The molecule has 41 heavy (non-hydrogen) atoms. The van der Waals surface area contributed by atoms with Crippen LogP contribution in [0.3, 0.4) is 0 Å². The Morgan fingerprint density at radius 1 is 0.512 bits per heavy atom. The van der Waals surface area contributed by atoms with Crippen molar-refractivity contribution in [3.05, 3.63) is 163 Å². The molecule has 2 unspecified atom stereocenters. The molecular weight excluding hydrogens is 495 g/mol. The molecule has 0 fully saturated rings. The summed E-state index contributed by atoms with van der Waals surface area (Å²) < 4.78 is 0. The van der Waals surface area contributed by atoms with Crippen LogP contribution in [0.1, 0.15) is 23.0 Å². The van der Waals surface area contributed by atoms with Crippen LogP contribution in [0, 0.1) is 0 Å². The SMILES string of the molecule is c1ccc(N(c2ccccc2)c2ccc3c(c2)-c2cccc4c2B3C2c3ccccc3N(c3ccccc3)C42)cc1. The Labute approximate surface area is 241 Å². The Morgan fingerprint density at radius 3 is 1.88 bits per heavy atom. The van der Waals surface area contributed by atoms with Crippen molar-refractivity contribution in [2.45, 2.75) is 11.9 Å². The van der Waals surface area contributed by atoms with Crippen molar-refractivity contribution >= 4 is 46.1 Å². The van der Waals surface area contributed by atoms with Gasteiger partial charge in [-0.2, -0.15) is 0 Å². The van der Waals surface area contributed by atoms with Gasteiger partial charge in [0.05, 0.1) is 6.04 Å². The average Bonchev–Trinajstić information content (AvgIpc) is 3.67. The van der Waals surface area contributed by atoms with E-state index in [1.54, 1.807) is 0 Å². The molecule has 9 rings (SSSR count). The van der Waals surface area contributed by atoms with Crippen molar-refractivity contribution in [3.8, 4) is 11.1 Å². The molecule has 3 heteroatoms. The van der Waals surface area contributed by atoms with Crippen LogP contribution in [0.5, 0.6) is 0 Å². The Morgan fingerprint density at radius 2 is 1.15 bits per heavy atom. The van der Waals surface area contributed by atoms with Crippen LogP contribution in [-0.2, 0) is 0 Å². The fourth-order valence-corrected chi connectivity index (χ4v) is 7.79. The second kappa shape index (κ2) is 8.74. The third kappa shape index (κ3) is 3.20. The highest BCUT2D eigenvalue weighted by atomic mass is 15.2. The molecule has 3 heterocycles. The molecule has 0 saturated carbocycles. The van der Waals surface area contributed by atoms with E-state index >= 15 is 0 Å². The van der Waals surface area contributed by atoms with Gasteiger partial charge in [0.1, 0.15) is 0 Å². The molecule has 192 valence electrons. The lowest BCUT2D eigenvalue weighted by molar-refractivity contribution is 0.733. The highest BCUT2D eigenvalue weighted by Crippen LogP contribution is 2.57. The van der Waals surface area contributed by atoms with Gasteiger partial charge in [-0.1, -0.05) is 108 Å². The van der Waals surface area contributed by atoms with Crippen LogP contribution in [0.2, 0.25) is 0 Å². The third-order valence-electron chi connectivity index (χ3n) is 9.29. The summed E-state index contributed by atoms with van der Waals surface area (Å²) >= 11 is 0. The van der Waals surface area contributed by atoms with Crippen molar-refractivity contribution in [2.75, 3.05) is 9.80 Å². The van der Waals surface area contributed by atoms with Gasteiger partial charge in [0.15, 0.2) is 0 Å². The van der Waals surface area contributed by atoms with Gasteiger partial charge in [-0.25, -0.2) is 0 Å². The number of hydrogen-bond donors (Lipinski definition) is 0. The minimum absolute atomic E-state index is 0.299. The van der Waals surface area contributed by atoms with E-state index in [2.05, 4.69) is 161 Å². The largest absolute Gasteiger partial charge is 0.334 e. The topological polar surface area (TPSA) is 6.48 Å². The lowest BCUT2D eigenvalue weighted by Crippen LogP contribution is -2.40. The maximum absolute atomic E-state index is 2.59. The van der Waals surface area contributed by atoms with Crippen molar-refractivity contribution in [3.63, 3.8) is 0 Å². The second-order valence-electron chi connectivity index (χ2n) is 11.3. The first-order valence-electron chi connectivity index (χ1n) is 14.5. The molecule has 0 N–H and O–H groups in total. The highest BCUT2D eigenvalue weighted by molar-refractivity contribution is 6.92.